The number of nitrogens with zero attached hydrogens (tertiary/aromatic N) is 1. The zero-order chi connectivity index (χ0) is 20.6. The largest absolute Gasteiger partial charge is 0.481 e. The SMILES string of the molecule is CCCCCC(=O)O.CCCCCC(=O)O.OCCN(CCO)CCO. The number of hydrogen-bond acceptors (Lipinski definition) is 6. The van der Waals surface area contributed by atoms with Gasteiger partial charge in [-0.05, 0) is 12.8 Å². The van der Waals surface area contributed by atoms with E-state index in [4.69, 9.17) is 25.5 Å². The van der Waals surface area contributed by atoms with E-state index in [-0.39, 0.29) is 19.8 Å². The van der Waals surface area contributed by atoms with Crippen LogP contribution in [-0.2, 0) is 9.59 Å². The summed E-state index contributed by atoms with van der Waals surface area (Å²) in [7, 11) is 0. The topological polar surface area (TPSA) is 139 Å². The second-order valence-electron chi connectivity index (χ2n) is 5.71. The van der Waals surface area contributed by atoms with Crippen molar-refractivity contribution in [1.82, 2.24) is 4.90 Å². The van der Waals surface area contributed by atoms with E-state index in [9.17, 15) is 9.59 Å². The normalized spacial score (nSPS) is 9.77. The fraction of sp³-hybridized carbons (Fsp3) is 0.889. The third-order valence-electron chi connectivity index (χ3n) is 3.24. The van der Waals surface area contributed by atoms with Crippen molar-refractivity contribution in [3.63, 3.8) is 0 Å². The highest BCUT2D eigenvalue weighted by molar-refractivity contribution is 5.66. The number of carbonyl (C=O) groups is 2. The lowest BCUT2D eigenvalue weighted by molar-refractivity contribution is -0.138. The number of aliphatic carboxylic acids is 2. The summed E-state index contributed by atoms with van der Waals surface area (Å²) in [5.41, 5.74) is 0. The lowest BCUT2D eigenvalue weighted by Crippen LogP contribution is -2.32. The van der Waals surface area contributed by atoms with Gasteiger partial charge in [0.1, 0.15) is 0 Å². The van der Waals surface area contributed by atoms with Crippen molar-refractivity contribution in [2.24, 2.45) is 0 Å². The first-order chi connectivity index (χ1) is 12.4. The van der Waals surface area contributed by atoms with E-state index in [1.165, 1.54) is 0 Å². The molecule has 0 saturated carbocycles. The summed E-state index contributed by atoms with van der Waals surface area (Å²) in [4.78, 5) is 21.5. The maximum absolute atomic E-state index is 9.87. The molecule has 8 nitrogen and oxygen atoms in total. The summed E-state index contributed by atoms with van der Waals surface area (Å²) in [5, 5.41) is 41.7. The Morgan fingerprint density at radius 3 is 1.15 bits per heavy atom. The summed E-state index contributed by atoms with van der Waals surface area (Å²) in [6.07, 6.45) is 6.55. The summed E-state index contributed by atoms with van der Waals surface area (Å²) in [6, 6.07) is 0. The number of rotatable bonds is 14. The predicted molar refractivity (Wildman–Crippen MR) is 101 cm³/mol. The van der Waals surface area contributed by atoms with Crippen LogP contribution in [0.2, 0.25) is 0 Å². The van der Waals surface area contributed by atoms with Crippen LogP contribution < -0.4 is 0 Å². The summed E-state index contributed by atoms with van der Waals surface area (Å²) >= 11 is 0. The summed E-state index contributed by atoms with van der Waals surface area (Å²) in [6.45, 7) is 5.87. The van der Waals surface area contributed by atoms with Gasteiger partial charge < -0.3 is 25.5 Å². The molecule has 0 unspecified atom stereocenters. The van der Waals surface area contributed by atoms with Gasteiger partial charge in [0.25, 0.3) is 0 Å². The number of aliphatic hydroxyl groups is 3. The van der Waals surface area contributed by atoms with Crippen LogP contribution in [0.5, 0.6) is 0 Å². The van der Waals surface area contributed by atoms with Crippen molar-refractivity contribution >= 4 is 11.9 Å². The minimum Gasteiger partial charge on any atom is -0.481 e. The molecule has 0 aliphatic heterocycles. The predicted octanol–water partition coefficient (Wildman–Crippen LogP) is 1.57. The van der Waals surface area contributed by atoms with E-state index in [0.717, 1.165) is 38.5 Å². The van der Waals surface area contributed by atoms with Crippen LogP contribution in [-0.4, -0.2) is 81.8 Å². The van der Waals surface area contributed by atoms with Crippen molar-refractivity contribution in [2.45, 2.75) is 65.2 Å². The molecule has 0 aliphatic carbocycles. The Bertz CT molecular complexity index is 267. The highest BCUT2D eigenvalue weighted by Gasteiger charge is 2.00. The number of unbranched alkanes of at least 4 members (excludes halogenated alkanes) is 4. The Kier molecular flexibility index (Phi) is 29.6. The van der Waals surface area contributed by atoms with Gasteiger partial charge in [0, 0.05) is 32.5 Å². The van der Waals surface area contributed by atoms with Crippen molar-refractivity contribution in [3.05, 3.63) is 0 Å². The number of carboxylic acids is 2. The lowest BCUT2D eigenvalue weighted by atomic mass is 10.2. The van der Waals surface area contributed by atoms with Gasteiger partial charge in [-0.15, -0.1) is 0 Å². The molecular formula is C18H39NO7. The number of aliphatic hydroxyl groups excluding tert-OH is 3. The Morgan fingerprint density at radius 2 is 0.962 bits per heavy atom. The van der Waals surface area contributed by atoms with E-state index >= 15 is 0 Å². The average molecular weight is 382 g/mol. The first-order valence-corrected chi connectivity index (χ1v) is 9.37. The van der Waals surface area contributed by atoms with E-state index < -0.39 is 11.9 Å². The second-order valence-corrected chi connectivity index (χ2v) is 5.71. The van der Waals surface area contributed by atoms with Crippen LogP contribution in [0.3, 0.4) is 0 Å². The molecule has 0 aliphatic rings. The molecule has 0 heterocycles. The average Bonchev–Trinajstić information content (AvgIpc) is 2.57. The monoisotopic (exact) mass is 381 g/mol. The molecule has 0 aromatic heterocycles. The fourth-order valence-electron chi connectivity index (χ4n) is 1.81. The third kappa shape index (κ3) is 34.2. The molecule has 0 radical (unpaired) electrons. The molecule has 8 heteroatoms. The van der Waals surface area contributed by atoms with Gasteiger partial charge in [0.15, 0.2) is 0 Å². The second kappa shape index (κ2) is 26.0. The molecule has 0 spiro atoms. The third-order valence-corrected chi connectivity index (χ3v) is 3.24. The highest BCUT2D eigenvalue weighted by atomic mass is 16.4. The van der Waals surface area contributed by atoms with Gasteiger partial charge in [-0.25, -0.2) is 0 Å². The Balaban J connectivity index is -0.000000308. The molecule has 26 heavy (non-hydrogen) atoms. The van der Waals surface area contributed by atoms with E-state index in [1.807, 2.05) is 0 Å². The molecular weight excluding hydrogens is 342 g/mol. The Morgan fingerprint density at radius 1 is 0.654 bits per heavy atom. The molecule has 0 rings (SSSR count). The number of hydrogen-bond donors (Lipinski definition) is 5. The van der Waals surface area contributed by atoms with E-state index in [1.54, 1.807) is 4.90 Å². The first-order valence-electron chi connectivity index (χ1n) is 9.37. The van der Waals surface area contributed by atoms with E-state index in [2.05, 4.69) is 13.8 Å². The maximum atomic E-state index is 9.87. The van der Waals surface area contributed by atoms with Gasteiger partial charge in [0.05, 0.1) is 19.8 Å². The maximum Gasteiger partial charge on any atom is 0.303 e. The van der Waals surface area contributed by atoms with E-state index in [0.29, 0.717) is 32.5 Å². The van der Waals surface area contributed by atoms with Gasteiger partial charge in [-0.2, -0.15) is 0 Å². The van der Waals surface area contributed by atoms with Gasteiger partial charge in [0.2, 0.25) is 0 Å². The van der Waals surface area contributed by atoms with Crippen LogP contribution in [0.25, 0.3) is 0 Å². The molecule has 0 saturated heterocycles. The molecule has 0 bridgehead atoms. The summed E-state index contributed by atoms with van der Waals surface area (Å²) in [5.74, 6) is -1.36. The van der Waals surface area contributed by atoms with Crippen LogP contribution in [0.1, 0.15) is 65.2 Å². The minimum atomic E-state index is -0.682. The van der Waals surface area contributed by atoms with Crippen molar-refractivity contribution in [2.75, 3.05) is 39.5 Å². The van der Waals surface area contributed by atoms with Crippen LogP contribution in [0.15, 0.2) is 0 Å². The molecule has 0 atom stereocenters. The number of carboxylic acid groups (broad SMARTS) is 2. The van der Waals surface area contributed by atoms with Crippen molar-refractivity contribution < 1.29 is 35.1 Å². The highest BCUT2D eigenvalue weighted by Crippen LogP contribution is 1.97. The smallest absolute Gasteiger partial charge is 0.303 e. The van der Waals surface area contributed by atoms with Crippen LogP contribution >= 0.6 is 0 Å². The molecule has 0 aromatic carbocycles. The fourth-order valence-corrected chi connectivity index (χ4v) is 1.81. The first kappa shape index (κ1) is 29.5. The minimum absolute atomic E-state index is 0.0694. The van der Waals surface area contributed by atoms with Crippen molar-refractivity contribution in [3.8, 4) is 0 Å². The quantitative estimate of drug-likeness (QED) is 0.286. The van der Waals surface area contributed by atoms with Crippen LogP contribution in [0.4, 0.5) is 0 Å². The molecule has 0 aromatic rings. The van der Waals surface area contributed by atoms with Gasteiger partial charge in [-0.3, -0.25) is 14.5 Å². The molecule has 158 valence electrons. The Hall–Kier alpha value is -1.22. The lowest BCUT2D eigenvalue weighted by Gasteiger charge is -2.17. The standard InChI is InChI=1S/C6H15NO3.2C6H12O2/c8-4-1-7(2-5-9)3-6-10;2*1-2-3-4-5-6(7)8/h8-10H,1-6H2;2*2-5H2,1H3,(H,7,8). The summed E-state index contributed by atoms with van der Waals surface area (Å²) < 4.78 is 0. The molecule has 0 fully saturated rings. The van der Waals surface area contributed by atoms with Gasteiger partial charge in [-0.1, -0.05) is 39.5 Å². The zero-order valence-electron chi connectivity index (χ0n) is 16.4. The van der Waals surface area contributed by atoms with Crippen molar-refractivity contribution in [1.29, 1.82) is 0 Å². The Labute approximate surface area is 157 Å². The van der Waals surface area contributed by atoms with Crippen LogP contribution in [0, 0.1) is 0 Å². The molecule has 5 N–H and O–H groups in total. The zero-order valence-corrected chi connectivity index (χ0v) is 16.4. The van der Waals surface area contributed by atoms with Gasteiger partial charge >= 0.3 is 11.9 Å². The molecule has 0 amide bonds.